The summed E-state index contributed by atoms with van der Waals surface area (Å²) in [5.74, 6) is 0.350. The predicted octanol–water partition coefficient (Wildman–Crippen LogP) is 2.29. The molecule has 15 heavy (non-hydrogen) atoms. The zero-order valence-electron chi connectivity index (χ0n) is 8.88. The molecule has 4 heteroatoms. The van der Waals surface area contributed by atoms with Crippen molar-refractivity contribution in [3.8, 4) is 11.5 Å². The van der Waals surface area contributed by atoms with E-state index in [2.05, 4.69) is 0 Å². The summed E-state index contributed by atoms with van der Waals surface area (Å²) in [5.41, 5.74) is 1.83. The third-order valence-corrected chi connectivity index (χ3v) is 2.74. The number of hydrogen-bond donors (Lipinski definition) is 2. The average Bonchev–Trinajstić information content (AvgIpc) is 2.23. The molecule has 0 spiro atoms. The van der Waals surface area contributed by atoms with Crippen LogP contribution in [-0.4, -0.2) is 23.9 Å². The van der Waals surface area contributed by atoms with Gasteiger partial charge in [0.15, 0.2) is 11.5 Å². The fourth-order valence-electron chi connectivity index (χ4n) is 1.49. The van der Waals surface area contributed by atoms with Gasteiger partial charge in [0.1, 0.15) is 0 Å². The van der Waals surface area contributed by atoms with Crippen molar-refractivity contribution in [1.82, 2.24) is 0 Å². The van der Waals surface area contributed by atoms with E-state index in [0.29, 0.717) is 23.6 Å². The quantitative estimate of drug-likeness (QED) is 0.835. The molecule has 2 N–H and O–H groups in total. The third-order valence-electron chi connectivity index (χ3n) is 2.33. The Kier molecular flexibility index (Phi) is 4.24. The largest absolute Gasteiger partial charge is 0.503 e. The number of aromatic hydroxyl groups is 1. The summed E-state index contributed by atoms with van der Waals surface area (Å²) in [6, 6.07) is 1.74. The maximum atomic E-state index is 9.68. The van der Waals surface area contributed by atoms with Crippen molar-refractivity contribution in [3.63, 3.8) is 0 Å². The number of hydrogen-bond acceptors (Lipinski definition) is 3. The molecule has 1 aromatic rings. The van der Waals surface area contributed by atoms with Gasteiger partial charge < -0.3 is 14.9 Å². The van der Waals surface area contributed by atoms with Gasteiger partial charge in [-0.15, -0.1) is 0 Å². The standard InChI is InChI=1S/C11H15ClO3/c1-7-6-9(15-2)11(14)10(12)8(7)4-3-5-13/h6,13-14H,3-5H2,1-2H3. The van der Waals surface area contributed by atoms with Crippen molar-refractivity contribution >= 4 is 11.6 Å². The minimum Gasteiger partial charge on any atom is -0.503 e. The van der Waals surface area contributed by atoms with Crippen LogP contribution in [0.3, 0.4) is 0 Å². The van der Waals surface area contributed by atoms with Gasteiger partial charge >= 0.3 is 0 Å². The lowest BCUT2D eigenvalue weighted by molar-refractivity contribution is 0.288. The number of aliphatic hydroxyl groups excluding tert-OH is 1. The minimum atomic E-state index is -0.0299. The van der Waals surface area contributed by atoms with Crippen LogP contribution in [0.25, 0.3) is 0 Å². The van der Waals surface area contributed by atoms with Crippen LogP contribution in [0.4, 0.5) is 0 Å². The zero-order chi connectivity index (χ0) is 11.4. The van der Waals surface area contributed by atoms with E-state index in [1.807, 2.05) is 6.92 Å². The summed E-state index contributed by atoms with van der Waals surface area (Å²) in [4.78, 5) is 0. The molecule has 0 amide bonds. The molecule has 0 unspecified atom stereocenters. The first-order chi connectivity index (χ1) is 7.11. The second-order valence-electron chi connectivity index (χ2n) is 3.36. The Balaban J connectivity index is 3.11. The van der Waals surface area contributed by atoms with Gasteiger partial charge in [0.2, 0.25) is 0 Å². The summed E-state index contributed by atoms with van der Waals surface area (Å²) in [6.07, 6.45) is 1.28. The second kappa shape index (κ2) is 5.24. The van der Waals surface area contributed by atoms with Gasteiger partial charge in [-0.2, -0.15) is 0 Å². The van der Waals surface area contributed by atoms with E-state index in [4.69, 9.17) is 21.4 Å². The molecule has 3 nitrogen and oxygen atoms in total. The Morgan fingerprint density at radius 1 is 1.47 bits per heavy atom. The normalized spacial score (nSPS) is 10.4. The van der Waals surface area contributed by atoms with E-state index in [0.717, 1.165) is 11.1 Å². The fraction of sp³-hybridized carbons (Fsp3) is 0.455. The highest BCUT2D eigenvalue weighted by atomic mass is 35.5. The van der Waals surface area contributed by atoms with E-state index in [-0.39, 0.29) is 12.4 Å². The van der Waals surface area contributed by atoms with Crippen molar-refractivity contribution in [2.24, 2.45) is 0 Å². The van der Waals surface area contributed by atoms with Crippen LogP contribution in [0.5, 0.6) is 11.5 Å². The van der Waals surface area contributed by atoms with Crippen LogP contribution in [0.2, 0.25) is 5.02 Å². The molecule has 0 aromatic heterocycles. The topological polar surface area (TPSA) is 49.7 Å². The maximum Gasteiger partial charge on any atom is 0.177 e. The fourth-order valence-corrected chi connectivity index (χ4v) is 1.83. The van der Waals surface area contributed by atoms with E-state index >= 15 is 0 Å². The lowest BCUT2D eigenvalue weighted by atomic mass is 10.0. The number of rotatable bonds is 4. The van der Waals surface area contributed by atoms with Gasteiger partial charge in [0.05, 0.1) is 12.1 Å². The molecule has 0 saturated heterocycles. The van der Waals surface area contributed by atoms with Crippen LogP contribution in [-0.2, 0) is 6.42 Å². The first-order valence-electron chi connectivity index (χ1n) is 4.77. The molecule has 0 fully saturated rings. The first kappa shape index (κ1) is 12.1. The molecule has 0 heterocycles. The van der Waals surface area contributed by atoms with Gasteiger partial charge in [0, 0.05) is 6.61 Å². The Bertz CT molecular complexity index is 350. The minimum absolute atomic E-state index is 0.0299. The number of ether oxygens (including phenoxy) is 1. The number of benzene rings is 1. The van der Waals surface area contributed by atoms with Crippen LogP contribution < -0.4 is 4.74 Å². The third kappa shape index (κ3) is 2.55. The number of phenolic OH excluding ortho intramolecular Hbond substituents is 1. The van der Waals surface area contributed by atoms with E-state index in [9.17, 15) is 5.11 Å². The van der Waals surface area contributed by atoms with Crippen LogP contribution in [0.15, 0.2) is 6.07 Å². The maximum absolute atomic E-state index is 9.68. The van der Waals surface area contributed by atoms with Crippen LogP contribution >= 0.6 is 11.6 Å². The molecule has 0 aliphatic carbocycles. The molecular formula is C11H15ClO3. The van der Waals surface area contributed by atoms with Crippen LogP contribution in [0.1, 0.15) is 17.5 Å². The van der Waals surface area contributed by atoms with Crippen molar-refractivity contribution in [2.45, 2.75) is 19.8 Å². The molecule has 0 saturated carbocycles. The molecule has 0 bridgehead atoms. The summed E-state index contributed by atoms with van der Waals surface area (Å²) in [7, 11) is 1.48. The number of aliphatic hydroxyl groups is 1. The van der Waals surface area contributed by atoms with Gasteiger partial charge in [-0.3, -0.25) is 0 Å². The second-order valence-corrected chi connectivity index (χ2v) is 3.74. The lowest BCUT2D eigenvalue weighted by Gasteiger charge is -2.12. The molecule has 0 atom stereocenters. The van der Waals surface area contributed by atoms with Crippen molar-refractivity contribution in [1.29, 1.82) is 0 Å². The van der Waals surface area contributed by atoms with E-state index in [1.165, 1.54) is 7.11 Å². The predicted molar refractivity (Wildman–Crippen MR) is 59.8 cm³/mol. The molecular weight excluding hydrogens is 216 g/mol. The zero-order valence-corrected chi connectivity index (χ0v) is 9.64. The average molecular weight is 231 g/mol. The van der Waals surface area contributed by atoms with Crippen molar-refractivity contribution in [3.05, 3.63) is 22.2 Å². The Morgan fingerprint density at radius 3 is 2.67 bits per heavy atom. The number of aryl methyl sites for hydroxylation is 1. The molecule has 1 rings (SSSR count). The highest BCUT2D eigenvalue weighted by Crippen LogP contribution is 2.38. The molecule has 84 valence electrons. The van der Waals surface area contributed by atoms with Gasteiger partial charge in [-0.1, -0.05) is 11.6 Å². The van der Waals surface area contributed by atoms with Crippen LogP contribution in [0, 0.1) is 6.92 Å². The number of halogens is 1. The summed E-state index contributed by atoms with van der Waals surface area (Å²) < 4.78 is 4.98. The van der Waals surface area contributed by atoms with E-state index < -0.39 is 0 Å². The highest BCUT2D eigenvalue weighted by Gasteiger charge is 2.14. The Hall–Kier alpha value is -0.930. The Labute approximate surface area is 94.3 Å². The van der Waals surface area contributed by atoms with Gasteiger partial charge in [0.25, 0.3) is 0 Å². The SMILES string of the molecule is COc1cc(C)c(CCCO)c(Cl)c1O. The monoisotopic (exact) mass is 230 g/mol. The van der Waals surface area contributed by atoms with E-state index in [1.54, 1.807) is 6.07 Å². The van der Waals surface area contributed by atoms with Gasteiger partial charge in [-0.05, 0) is 37.0 Å². The molecule has 1 aromatic carbocycles. The first-order valence-corrected chi connectivity index (χ1v) is 5.15. The molecule has 0 aliphatic heterocycles. The lowest BCUT2D eigenvalue weighted by Crippen LogP contribution is -1.96. The highest BCUT2D eigenvalue weighted by molar-refractivity contribution is 6.33. The smallest absolute Gasteiger partial charge is 0.177 e. The Morgan fingerprint density at radius 2 is 2.13 bits per heavy atom. The summed E-state index contributed by atoms with van der Waals surface area (Å²) >= 11 is 6.01. The van der Waals surface area contributed by atoms with Gasteiger partial charge in [-0.25, -0.2) is 0 Å². The molecule has 0 radical (unpaired) electrons. The van der Waals surface area contributed by atoms with Crippen molar-refractivity contribution < 1.29 is 14.9 Å². The number of methoxy groups -OCH3 is 1. The molecule has 0 aliphatic rings. The summed E-state index contributed by atoms with van der Waals surface area (Å²) in [5, 5.41) is 18.8. The van der Waals surface area contributed by atoms with Crippen molar-refractivity contribution in [2.75, 3.05) is 13.7 Å². The summed E-state index contributed by atoms with van der Waals surface area (Å²) in [6.45, 7) is 2.02. The number of phenols is 1.